The Labute approximate surface area is 139 Å². The van der Waals surface area contributed by atoms with Crippen molar-refractivity contribution in [1.82, 2.24) is 0 Å². The molecule has 5 nitrogen and oxygen atoms in total. The van der Waals surface area contributed by atoms with Gasteiger partial charge in [0.05, 0.1) is 0 Å². The molecule has 0 unspecified atom stereocenters. The minimum Gasteiger partial charge on any atom is -0.488 e. The zero-order chi connectivity index (χ0) is 16.9. The number of carbonyl (C=O) groups excluding carboxylic acids is 2. The van der Waals surface area contributed by atoms with Crippen molar-refractivity contribution in [2.75, 3.05) is 11.9 Å². The van der Waals surface area contributed by atoms with Gasteiger partial charge in [-0.3, -0.25) is 4.79 Å². The molecule has 2 aromatic carbocycles. The lowest BCUT2D eigenvalue weighted by Crippen LogP contribution is -2.07. The normalized spacial score (nSPS) is 13.2. The second-order valence-corrected chi connectivity index (χ2v) is 5.44. The van der Waals surface area contributed by atoms with Crippen molar-refractivity contribution in [2.45, 2.75) is 13.5 Å². The standard InChI is InChI=1S/C19H17NO4/c1-13(21)20-16-7-8-18(23-11-14-5-3-2-4-6-14)17(10-16)15-9-19(22)24-12-15/h2-10H,11-12H2,1H3,(H,20,21). The van der Waals surface area contributed by atoms with Crippen LogP contribution in [0.25, 0.3) is 5.57 Å². The van der Waals surface area contributed by atoms with Crippen molar-refractivity contribution in [3.8, 4) is 5.75 Å². The molecule has 3 rings (SSSR count). The van der Waals surface area contributed by atoms with Gasteiger partial charge >= 0.3 is 5.97 Å². The van der Waals surface area contributed by atoms with E-state index < -0.39 is 0 Å². The molecule has 1 N–H and O–H groups in total. The summed E-state index contributed by atoms with van der Waals surface area (Å²) >= 11 is 0. The van der Waals surface area contributed by atoms with E-state index in [-0.39, 0.29) is 18.5 Å². The Bertz CT molecular complexity index is 796. The average Bonchev–Trinajstić information content (AvgIpc) is 3.00. The van der Waals surface area contributed by atoms with Crippen LogP contribution in [-0.4, -0.2) is 18.5 Å². The van der Waals surface area contributed by atoms with Crippen LogP contribution in [0, 0.1) is 0 Å². The predicted molar refractivity (Wildman–Crippen MR) is 90.5 cm³/mol. The van der Waals surface area contributed by atoms with Gasteiger partial charge in [0.25, 0.3) is 0 Å². The highest BCUT2D eigenvalue weighted by atomic mass is 16.5. The molecule has 2 aromatic rings. The summed E-state index contributed by atoms with van der Waals surface area (Å²) in [6.07, 6.45) is 1.45. The first-order chi connectivity index (χ1) is 11.6. The van der Waals surface area contributed by atoms with E-state index >= 15 is 0 Å². The smallest absolute Gasteiger partial charge is 0.331 e. The molecule has 1 heterocycles. The highest BCUT2D eigenvalue weighted by Crippen LogP contribution is 2.32. The summed E-state index contributed by atoms with van der Waals surface area (Å²) in [6, 6.07) is 15.1. The van der Waals surface area contributed by atoms with Gasteiger partial charge < -0.3 is 14.8 Å². The number of nitrogens with one attached hydrogen (secondary N) is 1. The topological polar surface area (TPSA) is 64.6 Å². The third-order valence-electron chi connectivity index (χ3n) is 3.55. The number of carbonyl (C=O) groups is 2. The molecule has 0 spiro atoms. The van der Waals surface area contributed by atoms with E-state index in [9.17, 15) is 9.59 Å². The minimum atomic E-state index is -0.371. The molecular formula is C19H17NO4. The fourth-order valence-corrected chi connectivity index (χ4v) is 2.45. The quantitative estimate of drug-likeness (QED) is 0.859. The number of hydrogen-bond donors (Lipinski definition) is 1. The first-order valence-corrected chi connectivity index (χ1v) is 7.58. The SMILES string of the molecule is CC(=O)Nc1ccc(OCc2ccccc2)c(C2=CC(=O)OC2)c1. The van der Waals surface area contributed by atoms with Gasteiger partial charge in [-0.05, 0) is 23.8 Å². The van der Waals surface area contributed by atoms with Gasteiger partial charge in [0.2, 0.25) is 5.91 Å². The van der Waals surface area contributed by atoms with Gasteiger partial charge in [-0.1, -0.05) is 30.3 Å². The van der Waals surface area contributed by atoms with Crippen molar-refractivity contribution in [1.29, 1.82) is 0 Å². The summed E-state index contributed by atoms with van der Waals surface area (Å²) < 4.78 is 10.9. The summed E-state index contributed by atoms with van der Waals surface area (Å²) in [7, 11) is 0. The van der Waals surface area contributed by atoms with Crippen LogP contribution in [0.1, 0.15) is 18.1 Å². The van der Waals surface area contributed by atoms with Gasteiger partial charge in [-0.25, -0.2) is 4.79 Å². The van der Waals surface area contributed by atoms with Crippen LogP contribution in [-0.2, 0) is 20.9 Å². The molecular weight excluding hydrogens is 306 g/mol. The molecule has 0 bridgehead atoms. The maximum atomic E-state index is 11.4. The number of benzene rings is 2. The van der Waals surface area contributed by atoms with Crippen molar-refractivity contribution < 1.29 is 19.1 Å². The van der Waals surface area contributed by atoms with Crippen LogP contribution in [0.5, 0.6) is 5.75 Å². The number of ether oxygens (including phenoxy) is 2. The zero-order valence-electron chi connectivity index (χ0n) is 13.2. The van der Waals surface area contributed by atoms with Gasteiger partial charge in [0.1, 0.15) is 19.0 Å². The summed E-state index contributed by atoms with van der Waals surface area (Å²) in [6.45, 7) is 2.06. The molecule has 0 saturated carbocycles. The lowest BCUT2D eigenvalue weighted by Gasteiger charge is -2.14. The van der Waals surface area contributed by atoms with Crippen LogP contribution in [0.4, 0.5) is 5.69 Å². The number of amides is 1. The van der Waals surface area contributed by atoms with Gasteiger partial charge in [-0.15, -0.1) is 0 Å². The van der Waals surface area contributed by atoms with Crippen molar-refractivity contribution in [2.24, 2.45) is 0 Å². The molecule has 0 aromatic heterocycles. The lowest BCUT2D eigenvalue weighted by molar-refractivity contribution is -0.134. The molecule has 122 valence electrons. The molecule has 24 heavy (non-hydrogen) atoms. The summed E-state index contributed by atoms with van der Waals surface area (Å²) in [4.78, 5) is 22.6. The number of anilines is 1. The highest BCUT2D eigenvalue weighted by molar-refractivity contribution is 5.97. The Kier molecular flexibility index (Phi) is 4.61. The van der Waals surface area contributed by atoms with E-state index in [0.717, 1.165) is 16.7 Å². The zero-order valence-corrected chi connectivity index (χ0v) is 13.2. The number of cyclic esters (lactones) is 1. The molecule has 0 atom stereocenters. The van der Waals surface area contributed by atoms with E-state index in [4.69, 9.17) is 9.47 Å². The van der Waals surface area contributed by atoms with E-state index in [1.165, 1.54) is 13.0 Å². The van der Waals surface area contributed by atoms with Gasteiger partial charge in [0.15, 0.2) is 0 Å². The fourth-order valence-electron chi connectivity index (χ4n) is 2.45. The third kappa shape index (κ3) is 3.81. The molecule has 1 aliphatic rings. The second kappa shape index (κ2) is 7.00. The number of esters is 1. The summed E-state index contributed by atoms with van der Waals surface area (Å²) in [5.41, 5.74) is 3.16. The monoisotopic (exact) mass is 323 g/mol. The largest absolute Gasteiger partial charge is 0.488 e. The van der Waals surface area contributed by atoms with E-state index in [2.05, 4.69) is 5.32 Å². The Morgan fingerprint density at radius 1 is 1.21 bits per heavy atom. The summed E-state index contributed by atoms with van der Waals surface area (Å²) in [5.74, 6) is 0.105. The maximum absolute atomic E-state index is 11.4. The molecule has 0 aliphatic carbocycles. The van der Waals surface area contributed by atoms with E-state index in [0.29, 0.717) is 18.0 Å². The first kappa shape index (κ1) is 15.8. The lowest BCUT2D eigenvalue weighted by atomic mass is 10.0. The van der Waals surface area contributed by atoms with Crippen LogP contribution in [0.2, 0.25) is 0 Å². The van der Waals surface area contributed by atoms with E-state index in [1.54, 1.807) is 18.2 Å². The minimum absolute atomic E-state index is 0.161. The summed E-state index contributed by atoms with van der Waals surface area (Å²) in [5, 5.41) is 2.73. The number of rotatable bonds is 5. The molecule has 5 heteroatoms. The molecule has 0 fully saturated rings. The maximum Gasteiger partial charge on any atom is 0.331 e. The van der Waals surface area contributed by atoms with Crippen LogP contribution < -0.4 is 10.1 Å². The molecule has 0 saturated heterocycles. The van der Waals surface area contributed by atoms with Gasteiger partial charge in [-0.2, -0.15) is 0 Å². The van der Waals surface area contributed by atoms with Gasteiger partial charge in [0, 0.05) is 29.8 Å². The second-order valence-electron chi connectivity index (χ2n) is 5.44. The average molecular weight is 323 g/mol. The first-order valence-electron chi connectivity index (χ1n) is 7.58. The Hall–Kier alpha value is -3.08. The van der Waals surface area contributed by atoms with Crippen molar-refractivity contribution in [3.63, 3.8) is 0 Å². The molecule has 1 amide bonds. The Morgan fingerprint density at radius 2 is 2.00 bits per heavy atom. The van der Waals surface area contributed by atoms with E-state index in [1.807, 2.05) is 30.3 Å². The fraction of sp³-hybridized carbons (Fsp3) is 0.158. The van der Waals surface area contributed by atoms with Crippen LogP contribution >= 0.6 is 0 Å². The van der Waals surface area contributed by atoms with Crippen molar-refractivity contribution in [3.05, 3.63) is 65.7 Å². The Balaban J connectivity index is 1.88. The molecule has 0 radical (unpaired) electrons. The predicted octanol–water partition coefficient (Wildman–Crippen LogP) is 3.16. The third-order valence-corrected chi connectivity index (χ3v) is 3.55. The van der Waals surface area contributed by atoms with Crippen molar-refractivity contribution >= 4 is 23.1 Å². The van der Waals surface area contributed by atoms with Crippen LogP contribution in [0.15, 0.2) is 54.6 Å². The number of hydrogen-bond acceptors (Lipinski definition) is 4. The highest BCUT2D eigenvalue weighted by Gasteiger charge is 2.19. The van der Waals surface area contributed by atoms with Crippen LogP contribution in [0.3, 0.4) is 0 Å². The Morgan fingerprint density at radius 3 is 2.67 bits per heavy atom. The molecule has 1 aliphatic heterocycles.